The lowest BCUT2D eigenvalue weighted by molar-refractivity contribution is -0.711. The fraction of sp³-hybridized carbons (Fsp3) is 0.250. The molecule has 0 radical (unpaired) electrons. The van der Waals surface area contributed by atoms with Crippen LogP contribution in [0.15, 0.2) is 53.6 Å². The van der Waals surface area contributed by atoms with Gasteiger partial charge in [-0.3, -0.25) is 9.59 Å². The zero-order valence-corrected chi connectivity index (χ0v) is 20.2. The number of rotatable bonds is 6. The van der Waals surface area contributed by atoms with E-state index in [-0.39, 0.29) is 27.3 Å². The molecule has 2 aromatic rings. The monoisotopic (exact) mass is 530 g/mol. The predicted molar refractivity (Wildman–Crippen MR) is 131 cm³/mol. The molecule has 1 atom stereocenters. The third-order valence-electron chi connectivity index (χ3n) is 5.47. The van der Waals surface area contributed by atoms with Crippen molar-refractivity contribution in [3.8, 4) is 18.1 Å². The molecular formula is C24H20ClFN4O7. The minimum atomic E-state index is -1.09. The number of amides is 2. The fourth-order valence-corrected chi connectivity index (χ4v) is 3.97. The Hall–Kier alpha value is -4.50. The van der Waals surface area contributed by atoms with E-state index >= 15 is 0 Å². The number of halogens is 2. The van der Waals surface area contributed by atoms with Gasteiger partial charge >= 0.3 is 0 Å². The SMILES string of the molecule is C#CC(C)Oc1cc(N2C(=O)C3=C(CCCC3)C2=O)c(F)cc1Cl.O=[N+]([O-])N(c1ccccc1)[N+](=O)[O-]. The van der Waals surface area contributed by atoms with Crippen molar-refractivity contribution in [3.05, 3.63) is 84.7 Å². The molecule has 0 saturated carbocycles. The van der Waals surface area contributed by atoms with E-state index in [4.69, 9.17) is 22.8 Å². The molecule has 2 aliphatic rings. The maximum atomic E-state index is 14.4. The Morgan fingerprint density at radius 2 is 1.62 bits per heavy atom. The van der Waals surface area contributed by atoms with Gasteiger partial charge in [0, 0.05) is 17.2 Å². The summed E-state index contributed by atoms with van der Waals surface area (Å²) >= 11 is 5.97. The summed E-state index contributed by atoms with van der Waals surface area (Å²) in [6, 6.07) is 9.41. The Morgan fingerprint density at radius 1 is 1.08 bits per heavy atom. The van der Waals surface area contributed by atoms with E-state index in [1.54, 1.807) is 13.0 Å². The smallest absolute Gasteiger partial charge is 0.261 e. The number of nitrogens with zero attached hydrogens (tertiary/aromatic N) is 4. The van der Waals surface area contributed by atoms with Gasteiger partial charge in [0.1, 0.15) is 11.6 Å². The van der Waals surface area contributed by atoms with Crippen LogP contribution in [0.2, 0.25) is 5.02 Å². The Morgan fingerprint density at radius 3 is 2.11 bits per heavy atom. The molecule has 1 unspecified atom stereocenters. The van der Waals surface area contributed by atoms with Gasteiger partial charge in [-0.05, 0) is 50.8 Å². The Balaban J connectivity index is 0.000000248. The van der Waals surface area contributed by atoms with E-state index in [2.05, 4.69) is 5.92 Å². The largest absolute Gasteiger partial charge is 0.476 e. The van der Waals surface area contributed by atoms with Crippen LogP contribution in [0.25, 0.3) is 0 Å². The number of carbonyl (C=O) groups is 2. The number of anilines is 2. The zero-order chi connectivity index (χ0) is 27.3. The minimum Gasteiger partial charge on any atom is -0.476 e. The number of hydrazine groups is 2. The highest BCUT2D eigenvalue weighted by molar-refractivity contribution is 6.34. The molecule has 0 fully saturated rings. The second kappa shape index (κ2) is 11.5. The van der Waals surface area contributed by atoms with Gasteiger partial charge in [0.25, 0.3) is 11.8 Å². The quantitative estimate of drug-likeness (QED) is 0.230. The molecule has 0 N–H and O–H groups in total. The summed E-state index contributed by atoms with van der Waals surface area (Å²) < 4.78 is 19.8. The lowest BCUT2D eigenvalue weighted by atomic mass is 9.93. The zero-order valence-electron chi connectivity index (χ0n) is 19.4. The maximum Gasteiger partial charge on any atom is 0.261 e. The van der Waals surface area contributed by atoms with Gasteiger partial charge in [-0.1, -0.05) is 35.7 Å². The summed E-state index contributed by atoms with van der Waals surface area (Å²) in [5.74, 6) is 0.807. The third kappa shape index (κ3) is 5.84. The first-order chi connectivity index (χ1) is 17.6. The van der Waals surface area contributed by atoms with Crippen molar-refractivity contribution in [2.45, 2.75) is 38.7 Å². The van der Waals surface area contributed by atoms with Crippen molar-refractivity contribution in [1.82, 2.24) is 0 Å². The molecule has 1 aliphatic carbocycles. The number of benzene rings is 2. The van der Waals surface area contributed by atoms with E-state index in [1.165, 1.54) is 30.3 Å². The summed E-state index contributed by atoms with van der Waals surface area (Å²) in [7, 11) is 0. The molecule has 2 aromatic carbocycles. The van der Waals surface area contributed by atoms with E-state index in [1.807, 2.05) is 0 Å². The van der Waals surface area contributed by atoms with E-state index in [0.29, 0.717) is 24.0 Å². The molecule has 2 amide bonds. The number of carbonyl (C=O) groups excluding carboxylic acids is 2. The summed E-state index contributed by atoms with van der Waals surface area (Å²) in [5, 5.41) is 18.2. The van der Waals surface area contributed by atoms with Crippen LogP contribution >= 0.6 is 11.6 Å². The number of nitro groups is 2. The number of hydrogen-bond acceptors (Lipinski definition) is 7. The highest BCUT2D eigenvalue weighted by Crippen LogP contribution is 2.39. The van der Waals surface area contributed by atoms with Gasteiger partial charge in [-0.15, -0.1) is 6.42 Å². The summed E-state index contributed by atoms with van der Waals surface area (Å²) in [6.07, 6.45) is 7.47. The van der Waals surface area contributed by atoms with Crippen molar-refractivity contribution in [2.24, 2.45) is 0 Å². The highest BCUT2D eigenvalue weighted by Gasteiger charge is 2.41. The molecule has 11 nitrogen and oxygen atoms in total. The van der Waals surface area contributed by atoms with Crippen LogP contribution in [-0.4, -0.2) is 28.0 Å². The molecular weight excluding hydrogens is 511 g/mol. The van der Waals surface area contributed by atoms with Crippen molar-refractivity contribution < 1.29 is 28.8 Å². The molecule has 1 aliphatic heterocycles. The Kier molecular flexibility index (Phi) is 8.41. The van der Waals surface area contributed by atoms with E-state index in [9.17, 15) is 34.2 Å². The van der Waals surface area contributed by atoms with E-state index in [0.717, 1.165) is 23.8 Å². The number of imide groups is 1. The lowest BCUT2D eigenvalue weighted by Gasteiger charge is -2.19. The molecule has 0 bridgehead atoms. The van der Waals surface area contributed by atoms with Crippen molar-refractivity contribution in [2.75, 3.05) is 10.0 Å². The lowest BCUT2D eigenvalue weighted by Crippen LogP contribution is -2.35. The van der Waals surface area contributed by atoms with Gasteiger partial charge in [0.2, 0.25) is 10.1 Å². The molecule has 1 heterocycles. The first-order valence-electron chi connectivity index (χ1n) is 10.9. The number of hydrogen-bond donors (Lipinski definition) is 0. The van der Waals surface area contributed by atoms with Crippen LogP contribution in [0.1, 0.15) is 32.6 Å². The normalized spacial score (nSPS) is 15.2. The van der Waals surface area contributed by atoms with Crippen molar-refractivity contribution >= 4 is 34.8 Å². The second-order valence-electron chi connectivity index (χ2n) is 7.87. The molecule has 37 heavy (non-hydrogen) atoms. The van der Waals surface area contributed by atoms with Crippen LogP contribution in [0.4, 0.5) is 15.8 Å². The van der Waals surface area contributed by atoms with Crippen molar-refractivity contribution in [3.63, 3.8) is 0 Å². The first kappa shape index (κ1) is 27.1. The number of terminal acetylenes is 1. The van der Waals surface area contributed by atoms with Crippen molar-refractivity contribution in [1.29, 1.82) is 0 Å². The van der Waals surface area contributed by atoms with Gasteiger partial charge in [-0.25, -0.2) is 29.5 Å². The van der Waals surface area contributed by atoms with Gasteiger partial charge in [-0.2, -0.15) is 0 Å². The minimum absolute atomic E-state index is 0.0233. The van der Waals surface area contributed by atoms with Gasteiger partial charge in [0.05, 0.1) is 10.7 Å². The second-order valence-corrected chi connectivity index (χ2v) is 8.28. The topological polar surface area (TPSA) is 136 Å². The molecule has 0 saturated heterocycles. The third-order valence-corrected chi connectivity index (χ3v) is 5.76. The van der Waals surface area contributed by atoms with Crippen LogP contribution < -0.4 is 14.8 Å². The maximum absolute atomic E-state index is 14.4. The summed E-state index contributed by atoms with van der Waals surface area (Å²) in [5.41, 5.74) is 0.723. The molecule has 13 heteroatoms. The fourth-order valence-electron chi connectivity index (χ4n) is 3.77. The van der Waals surface area contributed by atoms with Gasteiger partial charge in [0.15, 0.2) is 16.9 Å². The predicted octanol–water partition coefficient (Wildman–Crippen LogP) is 4.50. The van der Waals surface area contributed by atoms with Gasteiger partial charge < -0.3 is 4.74 Å². The standard InChI is InChI=1S/C18H15ClFNO3.C6H5N3O4/c1-3-10(2)24-16-9-15(14(20)8-13(16)19)21-17(22)11-6-4-5-7-12(11)18(21)23;10-8(11)7(9(12)13)6-4-2-1-3-5-6/h1,8-10H,4-7H2,2H3;1-5H. The molecule has 192 valence electrons. The van der Waals surface area contributed by atoms with Crippen LogP contribution in [0, 0.1) is 38.4 Å². The Labute approximate surface area is 215 Å². The van der Waals surface area contributed by atoms with Crippen LogP contribution in [0.5, 0.6) is 5.75 Å². The molecule has 4 rings (SSSR count). The summed E-state index contributed by atoms with van der Waals surface area (Å²) in [4.78, 5) is 46.4. The summed E-state index contributed by atoms with van der Waals surface area (Å²) in [6.45, 7) is 1.63. The highest BCUT2D eigenvalue weighted by atomic mass is 35.5. The Bertz CT molecular complexity index is 1280. The average Bonchev–Trinajstić information content (AvgIpc) is 3.11. The van der Waals surface area contributed by atoms with Crippen LogP contribution in [0.3, 0.4) is 0 Å². The van der Waals surface area contributed by atoms with Crippen LogP contribution in [-0.2, 0) is 9.59 Å². The first-order valence-corrected chi connectivity index (χ1v) is 11.3. The molecule has 0 spiro atoms. The molecule has 0 aromatic heterocycles. The number of ether oxygens (including phenoxy) is 1. The average molecular weight is 531 g/mol. The van der Waals surface area contributed by atoms with E-state index < -0.39 is 33.8 Å². The number of para-hydroxylation sites is 1.